The van der Waals surface area contributed by atoms with E-state index in [2.05, 4.69) is 41.5 Å². The minimum absolute atomic E-state index is 0.0414. The summed E-state index contributed by atoms with van der Waals surface area (Å²) >= 11 is 0. The standard InChI is InChI=1S/C28H50N12O7/c1-15(2)22(27(46)47)40-25(44)19(8-6-10-34-28(31)32)38-23(42)16(3)36-24(43)18(7-4-5-9-29)39-26(45)20(37-21(41)12-30)11-17-13-33-14-35-17/h13-16,18-20,22H,4-12,29-30H2,1-3H3,(H,33,35)(H,36,43)(H,37,41)(H,38,42)(H,39,45)(H,40,44)(H,46,47)(H4,31,32,34)/t16-,18-,19-,20-,22-/m0/s1. The quantitative estimate of drug-likeness (QED) is 0.0323. The van der Waals surface area contributed by atoms with Crippen LogP contribution in [0.3, 0.4) is 0 Å². The molecule has 15 N–H and O–H groups in total. The molecule has 0 aromatic carbocycles. The summed E-state index contributed by atoms with van der Waals surface area (Å²) in [5.41, 5.74) is 22.3. The molecule has 0 saturated carbocycles. The minimum Gasteiger partial charge on any atom is -0.480 e. The van der Waals surface area contributed by atoms with Crippen LogP contribution < -0.4 is 49.5 Å². The molecular weight excluding hydrogens is 616 g/mol. The Labute approximate surface area is 273 Å². The van der Waals surface area contributed by atoms with E-state index in [-0.39, 0.29) is 44.7 Å². The molecule has 0 unspecified atom stereocenters. The number of aromatic nitrogens is 2. The van der Waals surface area contributed by atoms with E-state index < -0.39 is 71.6 Å². The molecule has 1 aromatic rings. The molecule has 1 heterocycles. The number of hydrogen-bond donors (Lipinski definition) is 11. The van der Waals surface area contributed by atoms with Gasteiger partial charge in [0.1, 0.15) is 30.2 Å². The van der Waals surface area contributed by atoms with E-state index in [1.54, 1.807) is 13.8 Å². The summed E-state index contributed by atoms with van der Waals surface area (Å²) in [6.07, 6.45) is 4.47. The molecule has 0 spiro atoms. The number of carboxylic acid groups (broad SMARTS) is 1. The van der Waals surface area contributed by atoms with Crippen molar-refractivity contribution in [1.29, 1.82) is 0 Å². The maximum absolute atomic E-state index is 13.4. The maximum Gasteiger partial charge on any atom is 0.326 e. The lowest BCUT2D eigenvalue weighted by atomic mass is 10.0. The first kappa shape index (κ1) is 40.2. The van der Waals surface area contributed by atoms with E-state index in [9.17, 15) is 33.9 Å². The summed E-state index contributed by atoms with van der Waals surface area (Å²) in [5, 5.41) is 22.2. The minimum atomic E-state index is -1.24. The molecule has 5 amide bonds. The molecule has 1 rings (SSSR count). The summed E-state index contributed by atoms with van der Waals surface area (Å²) in [7, 11) is 0. The number of rotatable bonds is 22. The first-order valence-corrected chi connectivity index (χ1v) is 15.4. The van der Waals surface area contributed by atoms with Gasteiger partial charge in [-0.3, -0.25) is 29.0 Å². The molecular formula is C28H50N12O7. The van der Waals surface area contributed by atoms with Gasteiger partial charge in [-0.05, 0) is 51.5 Å². The van der Waals surface area contributed by atoms with Gasteiger partial charge in [-0.1, -0.05) is 13.8 Å². The fourth-order valence-electron chi connectivity index (χ4n) is 4.33. The van der Waals surface area contributed by atoms with Crippen molar-refractivity contribution in [2.75, 3.05) is 19.6 Å². The van der Waals surface area contributed by atoms with Crippen LogP contribution in [-0.2, 0) is 35.2 Å². The number of aromatic amines is 1. The van der Waals surface area contributed by atoms with Crippen LogP contribution in [0.25, 0.3) is 0 Å². The van der Waals surface area contributed by atoms with Crippen molar-refractivity contribution in [2.24, 2.45) is 33.8 Å². The highest BCUT2D eigenvalue weighted by Crippen LogP contribution is 2.07. The summed E-state index contributed by atoms with van der Waals surface area (Å²) < 4.78 is 0. The average molecular weight is 667 g/mol. The van der Waals surface area contributed by atoms with Gasteiger partial charge in [0.15, 0.2) is 5.96 Å². The van der Waals surface area contributed by atoms with Crippen molar-refractivity contribution in [3.8, 4) is 0 Å². The number of aliphatic imine (C=N–C) groups is 1. The number of amides is 5. The Hall–Kier alpha value is -4.78. The molecule has 19 heteroatoms. The lowest BCUT2D eigenvalue weighted by Gasteiger charge is -2.26. The van der Waals surface area contributed by atoms with Gasteiger partial charge in [0, 0.05) is 24.9 Å². The van der Waals surface area contributed by atoms with Crippen LogP contribution in [-0.4, -0.2) is 106 Å². The zero-order chi connectivity index (χ0) is 35.5. The Morgan fingerprint density at radius 2 is 1.43 bits per heavy atom. The third kappa shape index (κ3) is 15.4. The van der Waals surface area contributed by atoms with Gasteiger partial charge < -0.3 is 59.6 Å². The fourth-order valence-corrected chi connectivity index (χ4v) is 4.33. The van der Waals surface area contributed by atoms with Gasteiger partial charge in [-0.15, -0.1) is 0 Å². The maximum atomic E-state index is 13.4. The smallest absolute Gasteiger partial charge is 0.326 e. The predicted molar refractivity (Wildman–Crippen MR) is 172 cm³/mol. The van der Waals surface area contributed by atoms with Crippen molar-refractivity contribution in [1.82, 2.24) is 36.6 Å². The number of nitrogens with one attached hydrogen (secondary N) is 6. The van der Waals surface area contributed by atoms with Gasteiger partial charge in [-0.2, -0.15) is 0 Å². The Bertz CT molecular complexity index is 1200. The predicted octanol–water partition coefficient (Wildman–Crippen LogP) is -3.72. The number of carboxylic acids is 1. The number of carbonyl (C=O) groups is 6. The van der Waals surface area contributed by atoms with E-state index in [0.717, 1.165) is 0 Å². The third-order valence-electron chi connectivity index (χ3n) is 6.96. The summed E-state index contributed by atoms with van der Waals surface area (Å²) in [6.45, 7) is 4.77. The molecule has 0 fully saturated rings. The van der Waals surface area contributed by atoms with E-state index in [1.807, 2.05) is 0 Å². The van der Waals surface area contributed by atoms with Crippen molar-refractivity contribution in [3.63, 3.8) is 0 Å². The lowest BCUT2D eigenvalue weighted by molar-refractivity contribution is -0.143. The van der Waals surface area contributed by atoms with Gasteiger partial charge in [-0.25, -0.2) is 9.78 Å². The van der Waals surface area contributed by atoms with Crippen LogP contribution in [0.4, 0.5) is 0 Å². The van der Waals surface area contributed by atoms with Crippen LogP contribution in [0.15, 0.2) is 17.5 Å². The van der Waals surface area contributed by atoms with Crippen LogP contribution in [0.2, 0.25) is 0 Å². The van der Waals surface area contributed by atoms with Crippen molar-refractivity contribution in [3.05, 3.63) is 18.2 Å². The van der Waals surface area contributed by atoms with Gasteiger partial charge in [0.25, 0.3) is 0 Å². The van der Waals surface area contributed by atoms with E-state index in [0.29, 0.717) is 25.1 Å². The zero-order valence-electron chi connectivity index (χ0n) is 27.1. The topological polar surface area (TPSA) is 328 Å². The molecule has 5 atom stereocenters. The second-order valence-corrected chi connectivity index (χ2v) is 11.3. The number of aliphatic carboxylic acids is 1. The molecule has 0 bridgehead atoms. The highest BCUT2D eigenvalue weighted by Gasteiger charge is 2.31. The Morgan fingerprint density at radius 1 is 0.830 bits per heavy atom. The second kappa shape index (κ2) is 21.1. The van der Waals surface area contributed by atoms with Crippen molar-refractivity contribution >= 4 is 41.5 Å². The summed E-state index contributed by atoms with van der Waals surface area (Å²) in [5.74, 6) is -5.25. The summed E-state index contributed by atoms with van der Waals surface area (Å²) in [6, 6.07) is -5.75. The second-order valence-electron chi connectivity index (χ2n) is 11.3. The number of H-pyrrole nitrogens is 1. The molecule has 19 nitrogen and oxygen atoms in total. The molecule has 1 aromatic heterocycles. The van der Waals surface area contributed by atoms with Crippen LogP contribution in [0.1, 0.15) is 58.6 Å². The first-order valence-electron chi connectivity index (χ1n) is 15.4. The number of hydrogen-bond acceptors (Lipinski definition) is 10. The molecule has 0 saturated heterocycles. The molecule has 0 aliphatic carbocycles. The molecule has 0 aliphatic heterocycles. The number of unbranched alkanes of at least 4 members (excludes halogenated alkanes) is 1. The van der Waals surface area contributed by atoms with E-state index >= 15 is 0 Å². The lowest BCUT2D eigenvalue weighted by Crippen LogP contribution is -2.58. The largest absolute Gasteiger partial charge is 0.480 e. The SMILES string of the molecule is CC(C)[C@H](NC(=O)[C@H](CCCN=C(N)N)NC(=O)[C@H](C)NC(=O)[C@H](CCCCN)NC(=O)[C@H](Cc1cnc[nH]1)NC(=O)CN)C(=O)O. The average Bonchev–Trinajstić information content (AvgIpc) is 3.52. The van der Waals surface area contributed by atoms with Crippen molar-refractivity contribution in [2.45, 2.75) is 89.5 Å². The van der Waals surface area contributed by atoms with Crippen molar-refractivity contribution < 1.29 is 33.9 Å². The fraction of sp³-hybridized carbons (Fsp3) is 0.643. The van der Waals surface area contributed by atoms with Crippen LogP contribution >= 0.6 is 0 Å². The monoisotopic (exact) mass is 666 g/mol. The highest BCUT2D eigenvalue weighted by atomic mass is 16.4. The summed E-state index contributed by atoms with van der Waals surface area (Å²) in [4.78, 5) is 87.1. The Kier molecular flexibility index (Phi) is 18.1. The highest BCUT2D eigenvalue weighted by molar-refractivity contribution is 5.96. The Morgan fingerprint density at radius 3 is 1.96 bits per heavy atom. The zero-order valence-corrected chi connectivity index (χ0v) is 27.1. The Balaban J connectivity index is 3.07. The molecule has 0 radical (unpaired) electrons. The van der Waals surface area contributed by atoms with E-state index in [1.165, 1.54) is 19.4 Å². The van der Waals surface area contributed by atoms with E-state index in [4.69, 9.17) is 22.9 Å². The molecule has 0 aliphatic rings. The first-order chi connectivity index (χ1) is 22.2. The van der Waals surface area contributed by atoms with Crippen LogP contribution in [0.5, 0.6) is 0 Å². The number of guanidine groups is 1. The third-order valence-corrected chi connectivity index (χ3v) is 6.96. The van der Waals surface area contributed by atoms with Gasteiger partial charge in [0.05, 0.1) is 12.9 Å². The number of imidazole rings is 1. The molecule has 264 valence electrons. The number of nitrogens with zero attached hydrogens (tertiary/aromatic N) is 2. The van der Waals surface area contributed by atoms with Crippen LogP contribution in [0, 0.1) is 5.92 Å². The van der Waals surface area contributed by atoms with Gasteiger partial charge >= 0.3 is 5.97 Å². The van der Waals surface area contributed by atoms with Gasteiger partial charge in [0.2, 0.25) is 29.5 Å². The normalized spacial score (nSPS) is 14.1. The number of nitrogens with two attached hydrogens (primary N) is 4. The molecule has 47 heavy (non-hydrogen) atoms. The number of carbonyl (C=O) groups excluding carboxylic acids is 5.